The molecule has 0 aliphatic rings. The van der Waals surface area contributed by atoms with Gasteiger partial charge in [0.05, 0.1) is 16.7 Å². The van der Waals surface area contributed by atoms with Gasteiger partial charge in [0.15, 0.2) is 0 Å². The minimum absolute atomic E-state index is 0.0439. The molecule has 0 fully saturated rings. The number of nitrogens with one attached hydrogen (secondary N) is 1. The van der Waals surface area contributed by atoms with Crippen LogP contribution in [0.1, 0.15) is 10.5 Å². The maximum Gasteiger partial charge on any atom is 0.274 e. The molecule has 2 rings (SSSR count). The molecule has 7 nitrogen and oxygen atoms in total. The van der Waals surface area contributed by atoms with Crippen molar-refractivity contribution in [2.75, 3.05) is 5.32 Å². The fourth-order valence-corrected chi connectivity index (χ4v) is 1.62. The number of amides is 1. The van der Waals surface area contributed by atoms with E-state index in [1.54, 1.807) is 6.07 Å². The molecular formula is C12H8ClN3O4. The number of phenols is 1. The molecule has 2 N–H and O–H groups in total. The van der Waals surface area contributed by atoms with Crippen LogP contribution >= 0.6 is 11.6 Å². The number of pyridine rings is 1. The molecule has 1 aromatic heterocycles. The Bertz CT molecular complexity index is 690. The molecule has 0 aliphatic heterocycles. The van der Waals surface area contributed by atoms with Crippen molar-refractivity contribution < 1.29 is 14.8 Å². The van der Waals surface area contributed by atoms with Crippen LogP contribution in [0.15, 0.2) is 36.4 Å². The summed E-state index contributed by atoms with van der Waals surface area (Å²) < 4.78 is 0. The van der Waals surface area contributed by atoms with Crippen molar-refractivity contribution in [2.24, 2.45) is 0 Å². The Labute approximate surface area is 118 Å². The van der Waals surface area contributed by atoms with Gasteiger partial charge in [0, 0.05) is 6.07 Å². The zero-order valence-corrected chi connectivity index (χ0v) is 10.7. The number of aromatic hydroxyl groups is 1. The number of nitrogens with zero attached hydrogens (tertiary/aromatic N) is 2. The highest BCUT2D eigenvalue weighted by Crippen LogP contribution is 2.28. The van der Waals surface area contributed by atoms with Crippen LogP contribution in [0, 0.1) is 10.1 Å². The highest BCUT2D eigenvalue weighted by Gasteiger charge is 2.14. The van der Waals surface area contributed by atoms with Crippen LogP contribution in [0.2, 0.25) is 5.15 Å². The van der Waals surface area contributed by atoms with E-state index in [4.69, 9.17) is 11.6 Å². The van der Waals surface area contributed by atoms with Gasteiger partial charge >= 0.3 is 0 Å². The average Bonchev–Trinajstić information content (AvgIpc) is 2.40. The maximum absolute atomic E-state index is 11.9. The van der Waals surface area contributed by atoms with Crippen LogP contribution in [0.3, 0.4) is 0 Å². The Hall–Kier alpha value is -2.67. The fraction of sp³-hybridized carbons (Fsp3) is 0. The van der Waals surface area contributed by atoms with Crippen LogP contribution in [-0.4, -0.2) is 20.9 Å². The van der Waals surface area contributed by atoms with Gasteiger partial charge in [-0.15, -0.1) is 0 Å². The van der Waals surface area contributed by atoms with Gasteiger partial charge in [-0.1, -0.05) is 17.7 Å². The summed E-state index contributed by atoms with van der Waals surface area (Å²) in [6, 6.07) is 7.86. The number of aromatic nitrogens is 1. The summed E-state index contributed by atoms with van der Waals surface area (Å²) in [6.45, 7) is 0. The molecule has 2 aromatic rings. The Kier molecular flexibility index (Phi) is 3.81. The smallest absolute Gasteiger partial charge is 0.274 e. The minimum atomic E-state index is -0.649. The summed E-state index contributed by atoms with van der Waals surface area (Å²) in [7, 11) is 0. The van der Waals surface area contributed by atoms with E-state index in [-0.39, 0.29) is 22.2 Å². The monoisotopic (exact) mass is 293 g/mol. The zero-order chi connectivity index (χ0) is 14.7. The fourth-order valence-electron chi connectivity index (χ4n) is 1.46. The summed E-state index contributed by atoms with van der Waals surface area (Å²) in [5.74, 6) is -0.994. The van der Waals surface area contributed by atoms with Gasteiger partial charge < -0.3 is 10.4 Å². The molecule has 20 heavy (non-hydrogen) atoms. The molecule has 8 heteroatoms. The number of benzene rings is 1. The lowest BCUT2D eigenvalue weighted by molar-refractivity contribution is -0.384. The second-order valence-corrected chi connectivity index (χ2v) is 4.15. The van der Waals surface area contributed by atoms with E-state index < -0.39 is 16.6 Å². The summed E-state index contributed by atoms with van der Waals surface area (Å²) in [5, 5.41) is 22.7. The molecule has 0 bridgehead atoms. The van der Waals surface area contributed by atoms with Gasteiger partial charge in [0.2, 0.25) is 0 Å². The molecule has 0 atom stereocenters. The molecule has 0 saturated carbocycles. The number of phenolic OH excluding ortho intramolecular Hbond substituents is 1. The lowest BCUT2D eigenvalue weighted by Crippen LogP contribution is -2.13. The quantitative estimate of drug-likeness (QED) is 0.391. The van der Waals surface area contributed by atoms with E-state index >= 15 is 0 Å². The standard InChI is InChI=1S/C12H8ClN3O4/c13-11-3-1-2-9(14-11)12(18)15-8-5-4-7(16(19)20)6-10(8)17/h1-6,17H,(H,15,18). The van der Waals surface area contributed by atoms with E-state index in [9.17, 15) is 20.0 Å². The first-order chi connectivity index (χ1) is 9.47. The van der Waals surface area contributed by atoms with E-state index in [0.717, 1.165) is 6.07 Å². The third-order valence-electron chi connectivity index (χ3n) is 2.39. The first-order valence-electron chi connectivity index (χ1n) is 5.38. The number of carbonyl (C=O) groups is 1. The molecule has 0 unspecified atom stereocenters. The predicted molar refractivity (Wildman–Crippen MR) is 72.0 cm³/mol. The zero-order valence-electron chi connectivity index (χ0n) is 9.91. The second-order valence-electron chi connectivity index (χ2n) is 3.76. The van der Waals surface area contributed by atoms with Crippen LogP contribution < -0.4 is 5.32 Å². The molecule has 1 amide bonds. The molecule has 1 aromatic carbocycles. The van der Waals surface area contributed by atoms with Crippen molar-refractivity contribution in [3.8, 4) is 5.75 Å². The number of halogens is 1. The molecule has 0 saturated heterocycles. The van der Waals surface area contributed by atoms with Gasteiger partial charge in [-0.25, -0.2) is 4.98 Å². The molecular weight excluding hydrogens is 286 g/mol. The topological polar surface area (TPSA) is 105 Å². The predicted octanol–water partition coefficient (Wildman–Crippen LogP) is 2.60. The van der Waals surface area contributed by atoms with Crippen LogP contribution in [-0.2, 0) is 0 Å². The number of non-ortho nitro benzene ring substituents is 1. The van der Waals surface area contributed by atoms with Gasteiger partial charge in [0.25, 0.3) is 11.6 Å². The summed E-state index contributed by atoms with van der Waals surface area (Å²) in [4.78, 5) is 25.5. The van der Waals surface area contributed by atoms with E-state index in [1.807, 2.05) is 0 Å². The lowest BCUT2D eigenvalue weighted by Gasteiger charge is -2.06. The van der Waals surface area contributed by atoms with Crippen molar-refractivity contribution in [3.63, 3.8) is 0 Å². The summed E-state index contributed by atoms with van der Waals surface area (Å²) in [6.07, 6.45) is 0. The Balaban J connectivity index is 2.22. The van der Waals surface area contributed by atoms with Crippen molar-refractivity contribution in [1.29, 1.82) is 0 Å². The van der Waals surface area contributed by atoms with Gasteiger partial charge in [-0.05, 0) is 18.2 Å². The Morgan fingerprint density at radius 2 is 2.10 bits per heavy atom. The number of nitro benzene ring substituents is 1. The normalized spacial score (nSPS) is 10.1. The molecule has 102 valence electrons. The lowest BCUT2D eigenvalue weighted by atomic mass is 10.2. The summed E-state index contributed by atoms with van der Waals surface area (Å²) >= 11 is 5.66. The number of anilines is 1. The van der Waals surface area contributed by atoms with Crippen molar-refractivity contribution in [2.45, 2.75) is 0 Å². The van der Waals surface area contributed by atoms with Crippen LogP contribution in [0.4, 0.5) is 11.4 Å². The van der Waals surface area contributed by atoms with E-state index in [0.29, 0.717) is 0 Å². The van der Waals surface area contributed by atoms with E-state index in [2.05, 4.69) is 10.3 Å². The SMILES string of the molecule is O=C(Nc1ccc([N+](=O)[O-])cc1O)c1cccc(Cl)n1. The van der Waals surface area contributed by atoms with Gasteiger partial charge in [0.1, 0.15) is 16.6 Å². The molecule has 0 spiro atoms. The largest absolute Gasteiger partial charge is 0.506 e. The number of rotatable bonds is 3. The maximum atomic E-state index is 11.9. The van der Waals surface area contributed by atoms with Gasteiger partial charge in [-0.2, -0.15) is 0 Å². The van der Waals surface area contributed by atoms with Crippen LogP contribution in [0.5, 0.6) is 5.75 Å². The van der Waals surface area contributed by atoms with Crippen molar-refractivity contribution in [1.82, 2.24) is 4.98 Å². The first kappa shape index (κ1) is 13.8. The third kappa shape index (κ3) is 3.01. The Morgan fingerprint density at radius 1 is 1.35 bits per heavy atom. The minimum Gasteiger partial charge on any atom is -0.506 e. The number of nitro groups is 1. The second kappa shape index (κ2) is 5.54. The van der Waals surface area contributed by atoms with Gasteiger partial charge in [-0.3, -0.25) is 14.9 Å². The first-order valence-corrected chi connectivity index (χ1v) is 5.76. The highest BCUT2D eigenvalue weighted by molar-refractivity contribution is 6.29. The molecule has 1 heterocycles. The number of hydrogen-bond acceptors (Lipinski definition) is 5. The van der Waals surface area contributed by atoms with Crippen molar-refractivity contribution >= 4 is 28.9 Å². The highest BCUT2D eigenvalue weighted by atomic mass is 35.5. The number of carbonyl (C=O) groups excluding carboxylic acids is 1. The Morgan fingerprint density at radius 3 is 2.70 bits per heavy atom. The molecule has 0 radical (unpaired) electrons. The van der Waals surface area contributed by atoms with E-state index in [1.165, 1.54) is 24.3 Å². The average molecular weight is 294 g/mol. The van der Waals surface area contributed by atoms with Crippen LogP contribution in [0.25, 0.3) is 0 Å². The number of hydrogen-bond donors (Lipinski definition) is 2. The summed E-state index contributed by atoms with van der Waals surface area (Å²) in [5.41, 5.74) is -0.168. The third-order valence-corrected chi connectivity index (χ3v) is 2.60. The molecule has 0 aliphatic carbocycles. The van der Waals surface area contributed by atoms with Crippen molar-refractivity contribution in [3.05, 3.63) is 57.4 Å².